The van der Waals surface area contributed by atoms with Crippen LogP contribution in [-0.2, 0) is 22.4 Å². The maximum absolute atomic E-state index is 12.8. The van der Waals surface area contributed by atoms with E-state index in [1.807, 2.05) is 19.9 Å². The second-order valence-electron chi connectivity index (χ2n) is 13.1. The molecule has 1 aliphatic heterocycles. The van der Waals surface area contributed by atoms with Crippen molar-refractivity contribution in [2.45, 2.75) is 136 Å². The van der Waals surface area contributed by atoms with E-state index < -0.39 is 4.32 Å². The molecule has 4 heteroatoms. The van der Waals surface area contributed by atoms with E-state index in [0.29, 0.717) is 18.6 Å². The van der Waals surface area contributed by atoms with E-state index in [-0.39, 0.29) is 11.3 Å². The summed E-state index contributed by atoms with van der Waals surface area (Å²) in [4.78, 5) is 27.1. The predicted octanol–water partition coefficient (Wildman–Crippen LogP) is 9.61. The summed E-state index contributed by atoms with van der Waals surface area (Å²) in [7, 11) is 0. The first-order valence-electron chi connectivity index (χ1n) is 15.9. The molecule has 2 fully saturated rings. The molecule has 3 nitrogen and oxygen atoms in total. The summed E-state index contributed by atoms with van der Waals surface area (Å²) in [5.41, 5.74) is 6.88. The van der Waals surface area contributed by atoms with Crippen LogP contribution in [0.5, 0.6) is 0 Å². The van der Waals surface area contributed by atoms with Gasteiger partial charge in [0, 0.05) is 12.8 Å². The third-order valence-corrected chi connectivity index (χ3v) is 9.40. The van der Waals surface area contributed by atoms with Crippen molar-refractivity contribution in [3.63, 3.8) is 0 Å². The molecule has 0 atom stereocenters. The third kappa shape index (κ3) is 11.4. The Kier molecular flexibility index (Phi) is 14.5. The number of halogens is 1. The van der Waals surface area contributed by atoms with Crippen LogP contribution >= 0.6 is 15.9 Å². The largest absolute Gasteiger partial charge is 0.298 e. The number of alkyl halides is 1. The third-order valence-electron chi connectivity index (χ3n) is 8.96. The van der Waals surface area contributed by atoms with E-state index >= 15 is 0 Å². The van der Waals surface area contributed by atoms with Gasteiger partial charge in [0.2, 0.25) is 0 Å². The lowest BCUT2D eigenvalue weighted by molar-refractivity contribution is -0.129. The van der Waals surface area contributed by atoms with Crippen molar-refractivity contribution in [2.24, 2.45) is 0 Å². The molecule has 0 amide bonds. The van der Waals surface area contributed by atoms with Gasteiger partial charge < -0.3 is 0 Å². The number of aryl methyl sites for hydroxylation is 4. The first-order chi connectivity index (χ1) is 19.2. The number of piperidine rings is 1. The van der Waals surface area contributed by atoms with Crippen molar-refractivity contribution in [1.82, 2.24) is 4.90 Å². The number of ketones is 2. The highest BCUT2D eigenvalue weighted by Gasteiger charge is 2.35. The monoisotopic (exact) mass is 625 g/mol. The SMILES string of the molecule is C1CCCCC1.Cc1cccc(C)c1CC(=O)C(C)(C)Br.Cc1cccc(C)c1CC(=O)C(C)(C)N1CCCCC1. The maximum Gasteiger partial charge on any atom is 0.156 e. The summed E-state index contributed by atoms with van der Waals surface area (Å²) >= 11 is 3.40. The van der Waals surface area contributed by atoms with Gasteiger partial charge in [-0.2, -0.15) is 0 Å². The van der Waals surface area contributed by atoms with Gasteiger partial charge >= 0.3 is 0 Å². The van der Waals surface area contributed by atoms with Crippen molar-refractivity contribution in [2.75, 3.05) is 13.1 Å². The minimum absolute atomic E-state index is 0.222. The first kappa shape index (κ1) is 35.4. The number of hydrogen-bond donors (Lipinski definition) is 0. The number of likely N-dealkylation sites (tertiary alicyclic amines) is 1. The fraction of sp³-hybridized carbons (Fsp3) is 0.622. The standard InChI is InChI=1S/C18H27NO.C13H17BrO.C6H12/c1-14-9-8-10-15(2)16(14)13-17(20)18(3,4)19-11-6-5-7-12-19;1-9-6-5-7-10(2)11(9)8-12(15)13(3,4)14;1-2-4-6-5-3-1/h8-10H,5-7,11-13H2,1-4H3;5-7H,8H2,1-4H3;1-6H2. The van der Waals surface area contributed by atoms with Gasteiger partial charge in [0.15, 0.2) is 11.6 Å². The Hall–Kier alpha value is -1.78. The zero-order valence-electron chi connectivity index (χ0n) is 27.3. The Bertz CT molecular complexity index is 1070. The molecular weight excluding hydrogens is 570 g/mol. The lowest BCUT2D eigenvalue weighted by Gasteiger charge is -2.40. The van der Waals surface area contributed by atoms with E-state index in [2.05, 4.69) is 92.7 Å². The van der Waals surface area contributed by atoms with Crippen LogP contribution in [0.2, 0.25) is 0 Å². The smallest absolute Gasteiger partial charge is 0.156 e. The molecule has 1 heterocycles. The lowest BCUT2D eigenvalue weighted by atomic mass is 9.87. The van der Waals surface area contributed by atoms with Crippen molar-refractivity contribution in [3.05, 3.63) is 69.8 Å². The van der Waals surface area contributed by atoms with Crippen molar-refractivity contribution < 1.29 is 9.59 Å². The number of benzene rings is 2. The molecule has 1 aliphatic carbocycles. The summed E-state index contributed by atoms with van der Waals surface area (Å²) in [5, 5.41) is 0. The van der Waals surface area contributed by atoms with E-state index in [1.165, 1.54) is 85.6 Å². The van der Waals surface area contributed by atoms with Crippen molar-refractivity contribution in [3.8, 4) is 0 Å². The summed E-state index contributed by atoms with van der Waals surface area (Å²) in [5.74, 6) is 0.566. The number of nitrogens with zero attached hydrogens (tertiary/aromatic N) is 1. The molecule has 0 aromatic heterocycles. The van der Waals surface area contributed by atoms with Crippen LogP contribution in [0.1, 0.15) is 119 Å². The van der Waals surface area contributed by atoms with Gasteiger partial charge in [0.05, 0.1) is 9.86 Å². The normalized spacial score (nSPS) is 16.1. The molecule has 0 spiro atoms. The topological polar surface area (TPSA) is 37.4 Å². The van der Waals surface area contributed by atoms with E-state index in [9.17, 15) is 9.59 Å². The second-order valence-corrected chi connectivity index (χ2v) is 15.1. The molecule has 0 unspecified atom stereocenters. The molecule has 1 saturated carbocycles. The number of hydrogen-bond acceptors (Lipinski definition) is 3. The Labute approximate surface area is 260 Å². The quantitative estimate of drug-likeness (QED) is 0.287. The van der Waals surface area contributed by atoms with E-state index in [0.717, 1.165) is 18.7 Å². The average Bonchev–Trinajstić information content (AvgIpc) is 2.94. The van der Waals surface area contributed by atoms with Crippen LogP contribution in [0.4, 0.5) is 0 Å². The zero-order chi connectivity index (χ0) is 30.6. The molecule has 228 valence electrons. The van der Waals surface area contributed by atoms with Crippen LogP contribution < -0.4 is 0 Å². The molecule has 2 aromatic rings. The molecular formula is C37H56BrNO2. The number of rotatable bonds is 7. The number of Topliss-reactive ketones (excluding diaryl/α,β-unsaturated/α-hetero) is 2. The van der Waals surface area contributed by atoms with Crippen LogP contribution in [0.25, 0.3) is 0 Å². The fourth-order valence-electron chi connectivity index (χ4n) is 5.69. The minimum atomic E-state index is -0.429. The van der Waals surface area contributed by atoms with Crippen LogP contribution in [0, 0.1) is 27.7 Å². The Morgan fingerprint density at radius 3 is 1.27 bits per heavy atom. The van der Waals surface area contributed by atoms with E-state index in [1.54, 1.807) is 0 Å². The van der Waals surface area contributed by atoms with Gasteiger partial charge in [-0.3, -0.25) is 14.5 Å². The molecule has 0 bridgehead atoms. The number of carbonyl (C=O) groups is 2. The first-order valence-corrected chi connectivity index (χ1v) is 16.6. The second kappa shape index (κ2) is 16.8. The van der Waals surface area contributed by atoms with Gasteiger partial charge in [0.25, 0.3) is 0 Å². The summed E-state index contributed by atoms with van der Waals surface area (Å²) < 4.78 is -0.429. The Balaban J connectivity index is 0.000000245. The average molecular weight is 627 g/mol. The van der Waals surface area contributed by atoms with Gasteiger partial charge in [0.1, 0.15) is 0 Å². The highest BCUT2D eigenvalue weighted by molar-refractivity contribution is 9.10. The van der Waals surface area contributed by atoms with Crippen molar-refractivity contribution in [1.29, 1.82) is 0 Å². The van der Waals surface area contributed by atoms with E-state index in [4.69, 9.17) is 0 Å². The van der Waals surface area contributed by atoms with Crippen molar-refractivity contribution >= 4 is 27.5 Å². The number of carbonyl (C=O) groups excluding carboxylic acids is 2. The molecule has 4 rings (SSSR count). The predicted molar refractivity (Wildman–Crippen MR) is 179 cm³/mol. The van der Waals surface area contributed by atoms with Gasteiger partial charge in [-0.15, -0.1) is 0 Å². The molecule has 41 heavy (non-hydrogen) atoms. The van der Waals surface area contributed by atoms with Gasteiger partial charge in [-0.25, -0.2) is 0 Å². The summed E-state index contributed by atoms with van der Waals surface area (Å²) in [6.07, 6.45) is 13.8. The summed E-state index contributed by atoms with van der Waals surface area (Å²) in [6, 6.07) is 12.4. The zero-order valence-corrected chi connectivity index (χ0v) is 28.9. The van der Waals surface area contributed by atoms with Crippen LogP contribution in [-0.4, -0.2) is 39.4 Å². The van der Waals surface area contributed by atoms with Gasteiger partial charge in [-0.05, 0) is 115 Å². The Morgan fingerprint density at radius 1 is 0.610 bits per heavy atom. The van der Waals surface area contributed by atoms with Crippen LogP contribution in [0.15, 0.2) is 36.4 Å². The lowest BCUT2D eigenvalue weighted by Crippen LogP contribution is -2.52. The maximum atomic E-state index is 12.8. The van der Waals surface area contributed by atoms with Crippen LogP contribution in [0.3, 0.4) is 0 Å². The molecule has 2 aromatic carbocycles. The highest BCUT2D eigenvalue weighted by Crippen LogP contribution is 2.25. The molecule has 0 N–H and O–H groups in total. The highest BCUT2D eigenvalue weighted by atomic mass is 79.9. The molecule has 1 saturated heterocycles. The summed E-state index contributed by atoms with van der Waals surface area (Å²) in [6.45, 7) is 18.4. The molecule has 0 radical (unpaired) electrons. The molecule has 2 aliphatic rings. The fourth-order valence-corrected chi connectivity index (χ4v) is 5.83. The van der Waals surface area contributed by atoms with Gasteiger partial charge in [-0.1, -0.05) is 97.3 Å². The Morgan fingerprint density at radius 2 is 0.927 bits per heavy atom. The minimum Gasteiger partial charge on any atom is -0.298 e.